The molecule has 0 saturated carbocycles. The number of hydrogen-bond acceptors (Lipinski definition) is 5. The minimum atomic E-state index is 0.288. The van der Waals surface area contributed by atoms with Crippen LogP contribution in [-0.2, 0) is 6.61 Å². The molecule has 0 fully saturated rings. The van der Waals surface area contributed by atoms with Crippen molar-refractivity contribution < 1.29 is 18.4 Å². The summed E-state index contributed by atoms with van der Waals surface area (Å²) in [5, 5.41) is 0. The first kappa shape index (κ1) is 13.2. The van der Waals surface area contributed by atoms with Gasteiger partial charge in [-0.3, -0.25) is 4.79 Å². The molecular weight excluding hydrogens is 270 g/mol. The molecule has 0 atom stereocenters. The Hall–Kier alpha value is -2.82. The lowest BCUT2D eigenvalue weighted by Crippen LogP contribution is -1.97. The number of carbonyl (C=O) groups excluding carboxylic acids is 1. The van der Waals surface area contributed by atoms with Crippen molar-refractivity contribution in [3.05, 3.63) is 59.7 Å². The molecule has 5 heteroatoms. The molecule has 21 heavy (non-hydrogen) atoms. The van der Waals surface area contributed by atoms with Crippen LogP contribution in [0.15, 0.2) is 51.5 Å². The van der Waals surface area contributed by atoms with Gasteiger partial charge in [-0.25, -0.2) is 4.98 Å². The lowest BCUT2D eigenvalue weighted by atomic mass is 10.2. The number of aldehydes is 1. The average Bonchev–Trinajstić information content (AvgIpc) is 3.15. The third-order valence-corrected chi connectivity index (χ3v) is 3.02. The zero-order chi connectivity index (χ0) is 14.7. The number of hydrogen-bond donors (Lipinski definition) is 0. The van der Waals surface area contributed by atoms with E-state index in [-0.39, 0.29) is 6.61 Å². The van der Waals surface area contributed by atoms with E-state index < -0.39 is 0 Å². The highest BCUT2D eigenvalue weighted by atomic mass is 16.5. The molecule has 2 heterocycles. The van der Waals surface area contributed by atoms with Gasteiger partial charge in [0.05, 0.1) is 6.26 Å². The van der Waals surface area contributed by atoms with Gasteiger partial charge >= 0.3 is 0 Å². The van der Waals surface area contributed by atoms with E-state index in [1.807, 2.05) is 6.92 Å². The lowest BCUT2D eigenvalue weighted by Gasteiger charge is -2.04. The predicted octanol–water partition coefficient (Wildman–Crippen LogP) is 3.63. The Morgan fingerprint density at radius 3 is 2.71 bits per heavy atom. The monoisotopic (exact) mass is 283 g/mol. The molecule has 3 rings (SSSR count). The first-order valence-electron chi connectivity index (χ1n) is 6.44. The van der Waals surface area contributed by atoms with E-state index in [1.165, 1.54) is 0 Å². The van der Waals surface area contributed by atoms with Crippen molar-refractivity contribution in [1.82, 2.24) is 4.98 Å². The first-order chi connectivity index (χ1) is 10.3. The normalized spacial score (nSPS) is 10.5. The van der Waals surface area contributed by atoms with Crippen LogP contribution in [0.4, 0.5) is 0 Å². The van der Waals surface area contributed by atoms with E-state index in [1.54, 1.807) is 42.7 Å². The zero-order valence-corrected chi connectivity index (χ0v) is 11.4. The van der Waals surface area contributed by atoms with E-state index in [2.05, 4.69) is 4.98 Å². The van der Waals surface area contributed by atoms with Crippen molar-refractivity contribution in [2.45, 2.75) is 13.5 Å². The van der Waals surface area contributed by atoms with Crippen molar-refractivity contribution >= 4 is 6.29 Å². The molecule has 0 radical (unpaired) electrons. The fourth-order valence-corrected chi connectivity index (χ4v) is 1.86. The smallest absolute Gasteiger partial charge is 0.263 e. The van der Waals surface area contributed by atoms with Gasteiger partial charge in [-0.2, -0.15) is 0 Å². The summed E-state index contributed by atoms with van der Waals surface area (Å²) < 4.78 is 16.4. The Morgan fingerprint density at radius 1 is 1.24 bits per heavy atom. The van der Waals surface area contributed by atoms with Gasteiger partial charge in [0.2, 0.25) is 0 Å². The largest absolute Gasteiger partial charge is 0.487 e. The van der Waals surface area contributed by atoms with E-state index in [9.17, 15) is 4.79 Å². The molecular formula is C16H13NO4. The predicted molar refractivity (Wildman–Crippen MR) is 75.1 cm³/mol. The maximum atomic E-state index is 10.6. The minimum Gasteiger partial charge on any atom is -0.487 e. The summed E-state index contributed by atoms with van der Waals surface area (Å²) >= 11 is 0. The topological polar surface area (TPSA) is 65.5 Å². The number of ether oxygens (including phenoxy) is 1. The molecule has 3 aromatic rings. The van der Waals surface area contributed by atoms with E-state index >= 15 is 0 Å². The van der Waals surface area contributed by atoms with Crippen LogP contribution in [0.3, 0.4) is 0 Å². The Labute approximate surface area is 121 Å². The third kappa shape index (κ3) is 2.86. The number of rotatable bonds is 5. The van der Waals surface area contributed by atoms with Gasteiger partial charge < -0.3 is 13.6 Å². The van der Waals surface area contributed by atoms with Crippen LogP contribution < -0.4 is 4.74 Å². The number of carbonyl (C=O) groups is 1. The maximum Gasteiger partial charge on any atom is 0.263 e. The number of aryl methyl sites for hydroxylation is 1. The summed E-state index contributed by atoms with van der Waals surface area (Å²) in [5.41, 5.74) is 1.32. The van der Waals surface area contributed by atoms with Crippen molar-refractivity contribution in [1.29, 1.82) is 0 Å². The highest BCUT2D eigenvalue weighted by Gasteiger charge is 2.13. The molecule has 5 nitrogen and oxygen atoms in total. The van der Waals surface area contributed by atoms with Crippen molar-refractivity contribution in [3.63, 3.8) is 0 Å². The lowest BCUT2D eigenvalue weighted by molar-refractivity contribution is 0.112. The summed E-state index contributed by atoms with van der Waals surface area (Å²) in [6, 6.07) is 10.4. The summed E-state index contributed by atoms with van der Waals surface area (Å²) in [7, 11) is 0. The second-order valence-electron chi connectivity index (χ2n) is 4.47. The summed E-state index contributed by atoms with van der Waals surface area (Å²) in [6.07, 6.45) is 2.36. The van der Waals surface area contributed by atoms with Crippen LogP contribution >= 0.6 is 0 Å². The van der Waals surface area contributed by atoms with Crippen molar-refractivity contribution in [2.75, 3.05) is 0 Å². The minimum absolute atomic E-state index is 0.288. The van der Waals surface area contributed by atoms with Crippen LogP contribution in [-0.4, -0.2) is 11.3 Å². The second kappa shape index (κ2) is 5.66. The van der Waals surface area contributed by atoms with Gasteiger partial charge in [0.15, 0.2) is 5.76 Å². The molecule has 1 aromatic carbocycles. The number of aromatic nitrogens is 1. The molecule has 0 saturated heterocycles. The van der Waals surface area contributed by atoms with Crippen LogP contribution in [0.5, 0.6) is 5.75 Å². The quantitative estimate of drug-likeness (QED) is 0.669. The molecule has 0 spiro atoms. The van der Waals surface area contributed by atoms with Gasteiger partial charge in [0.1, 0.15) is 30.1 Å². The summed E-state index contributed by atoms with van der Waals surface area (Å²) in [6.45, 7) is 2.12. The Kier molecular flexibility index (Phi) is 3.55. The van der Waals surface area contributed by atoms with Gasteiger partial charge in [-0.15, -0.1) is 0 Å². The van der Waals surface area contributed by atoms with Gasteiger partial charge in [0.25, 0.3) is 5.89 Å². The van der Waals surface area contributed by atoms with Crippen LogP contribution in [0, 0.1) is 6.92 Å². The third-order valence-electron chi connectivity index (χ3n) is 3.02. The number of oxazole rings is 1. The molecule has 0 unspecified atom stereocenters. The van der Waals surface area contributed by atoms with E-state index in [4.69, 9.17) is 13.6 Å². The maximum absolute atomic E-state index is 10.6. The van der Waals surface area contributed by atoms with Gasteiger partial charge in [-0.1, -0.05) is 0 Å². The SMILES string of the molecule is Cc1oc(-c2ccco2)nc1COc1ccc(C=O)cc1. The van der Waals surface area contributed by atoms with E-state index in [0.29, 0.717) is 34.4 Å². The standard InChI is InChI=1S/C16H13NO4/c1-11-14(17-16(21-11)15-3-2-8-19-15)10-20-13-6-4-12(9-18)5-7-13/h2-9H,10H2,1H3. The Morgan fingerprint density at radius 2 is 2.05 bits per heavy atom. The van der Waals surface area contributed by atoms with Crippen molar-refractivity contribution in [2.24, 2.45) is 0 Å². The molecule has 0 aliphatic carbocycles. The highest BCUT2D eigenvalue weighted by Crippen LogP contribution is 2.23. The molecule has 0 N–H and O–H groups in total. The highest BCUT2D eigenvalue weighted by molar-refractivity contribution is 5.74. The molecule has 0 aliphatic rings. The zero-order valence-electron chi connectivity index (χ0n) is 11.4. The molecule has 0 aliphatic heterocycles. The van der Waals surface area contributed by atoms with Crippen LogP contribution in [0.25, 0.3) is 11.7 Å². The Balaban J connectivity index is 1.71. The molecule has 106 valence electrons. The summed E-state index contributed by atoms with van der Waals surface area (Å²) in [4.78, 5) is 14.9. The van der Waals surface area contributed by atoms with Gasteiger partial charge in [-0.05, 0) is 43.3 Å². The van der Waals surface area contributed by atoms with E-state index in [0.717, 1.165) is 6.29 Å². The fourth-order valence-electron chi connectivity index (χ4n) is 1.86. The average molecular weight is 283 g/mol. The van der Waals surface area contributed by atoms with Crippen LogP contribution in [0.1, 0.15) is 21.8 Å². The Bertz CT molecular complexity index is 726. The number of benzene rings is 1. The first-order valence-corrected chi connectivity index (χ1v) is 6.44. The van der Waals surface area contributed by atoms with Gasteiger partial charge in [0, 0.05) is 5.56 Å². The summed E-state index contributed by atoms with van der Waals surface area (Å²) in [5.74, 6) is 2.38. The molecule has 0 bridgehead atoms. The number of furan rings is 1. The van der Waals surface area contributed by atoms with Crippen LogP contribution in [0.2, 0.25) is 0 Å². The molecule has 2 aromatic heterocycles. The van der Waals surface area contributed by atoms with Crippen molar-refractivity contribution in [3.8, 4) is 17.4 Å². The fraction of sp³-hybridized carbons (Fsp3) is 0.125. The second-order valence-corrected chi connectivity index (χ2v) is 4.47. The number of nitrogens with zero attached hydrogens (tertiary/aromatic N) is 1. The molecule has 0 amide bonds.